The van der Waals surface area contributed by atoms with Gasteiger partial charge < -0.3 is 19.7 Å². The molecule has 0 atom stereocenters. The van der Waals surface area contributed by atoms with Gasteiger partial charge in [0.15, 0.2) is 11.5 Å². The van der Waals surface area contributed by atoms with Gasteiger partial charge in [0.25, 0.3) is 5.91 Å². The van der Waals surface area contributed by atoms with Crippen LogP contribution in [0, 0.1) is 0 Å². The van der Waals surface area contributed by atoms with Crippen molar-refractivity contribution >= 4 is 28.3 Å². The Labute approximate surface area is 202 Å². The summed E-state index contributed by atoms with van der Waals surface area (Å²) in [6, 6.07) is 9.50. The molecule has 0 saturated carbocycles. The number of nitrogens with one attached hydrogen (secondary N) is 1. The van der Waals surface area contributed by atoms with Gasteiger partial charge in [-0.3, -0.25) is 9.59 Å². The maximum absolute atomic E-state index is 13.0. The van der Waals surface area contributed by atoms with Gasteiger partial charge in [-0.25, -0.2) is 0 Å². The molecule has 0 fully saturated rings. The fraction of sp³-hybridized carbons (Fsp3) is 0.304. The molecule has 0 saturated heterocycles. The molecule has 1 N–H and O–H groups in total. The Morgan fingerprint density at radius 1 is 1.06 bits per heavy atom. The molecule has 0 bridgehead atoms. The molecule has 2 aromatic carbocycles. The van der Waals surface area contributed by atoms with E-state index in [4.69, 9.17) is 9.47 Å². The zero-order valence-electron chi connectivity index (χ0n) is 18.6. The number of anilines is 1. The van der Waals surface area contributed by atoms with Crippen LogP contribution in [0.3, 0.4) is 0 Å². The average Bonchev–Trinajstić information content (AvgIpc) is 3.50. The fourth-order valence-corrected chi connectivity index (χ4v) is 4.17. The molecule has 1 aliphatic rings. The monoisotopic (exact) mass is 506 g/mol. The third kappa shape index (κ3) is 5.88. The number of hydrogen-bond acceptors (Lipinski definition) is 7. The van der Waals surface area contributed by atoms with Gasteiger partial charge in [-0.2, -0.15) is 13.2 Å². The van der Waals surface area contributed by atoms with Gasteiger partial charge in [0.05, 0.1) is 5.56 Å². The first-order valence-corrected chi connectivity index (χ1v) is 11.6. The quantitative estimate of drug-likeness (QED) is 0.470. The Kier molecular flexibility index (Phi) is 7.20. The molecule has 0 spiro atoms. The van der Waals surface area contributed by atoms with Gasteiger partial charge >= 0.3 is 6.18 Å². The number of hydrogen-bond donors (Lipinski definition) is 1. The smallest absolute Gasteiger partial charge is 0.416 e. The Bertz CT molecular complexity index is 1210. The van der Waals surface area contributed by atoms with Crippen LogP contribution < -0.4 is 14.8 Å². The number of carbonyl (C=O) groups is 2. The largest absolute Gasteiger partial charge is 0.454 e. The van der Waals surface area contributed by atoms with E-state index in [1.54, 1.807) is 23.1 Å². The summed E-state index contributed by atoms with van der Waals surface area (Å²) in [6.07, 6.45) is -3.68. The van der Waals surface area contributed by atoms with E-state index < -0.39 is 11.7 Å². The molecule has 3 aromatic rings. The number of fused-ring (bicyclic) bond motifs is 1. The summed E-state index contributed by atoms with van der Waals surface area (Å²) < 4.78 is 48.8. The number of rotatable bonds is 8. The SMILES string of the molecule is CCCN(CCC(=O)Nc1nnc(-c2ccc(C(F)(F)F)cc2)s1)C(=O)c1ccc2c(c1)OCO2. The second-order valence-electron chi connectivity index (χ2n) is 7.65. The third-order valence-corrected chi connectivity index (χ3v) is 6.03. The van der Waals surface area contributed by atoms with Crippen LogP contribution in [0.1, 0.15) is 35.7 Å². The number of aromatic nitrogens is 2. The van der Waals surface area contributed by atoms with Crippen LogP contribution in [0.2, 0.25) is 0 Å². The lowest BCUT2D eigenvalue weighted by Crippen LogP contribution is -2.34. The summed E-state index contributed by atoms with van der Waals surface area (Å²) in [5.41, 5.74) is 0.138. The number of halogens is 3. The van der Waals surface area contributed by atoms with E-state index in [-0.39, 0.29) is 36.7 Å². The number of amides is 2. The van der Waals surface area contributed by atoms with Crippen molar-refractivity contribution in [2.75, 3.05) is 25.2 Å². The zero-order chi connectivity index (χ0) is 25.0. The highest BCUT2D eigenvalue weighted by Gasteiger charge is 2.30. The Morgan fingerprint density at radius 3 is 2.51 bits per heavy atom. The Balaban J connectivity index is 1.34. The average molecular weight is 507 g/mol. The van der Waals surface area contributed by atoms with E-state index in [9.17, 15) is 22.8 Å². The van der Waals surface area contributed by atoms with Crippen LogP contribution in [0.4, 0.5) is 18.3 Å². The molecule has 0 aliphatic carbocycles. The van der Waals surface area contributed by atoms with Crippen molar-refractivity contribution in [1.82, 2.24) is 15.1 Å². The molecule has 2 amide bonds. The predicted octanol–water partition coefficient (Wildman–Crippen LogP) is 4.83. The topological polar surface area (TPSA) is 93.7 Å². The van der Waals surface area contributed by atoms with Crippen molar-refractivity contribution in [2.45, 2.75) is 25.9 Å². The van der Waals surface area contributed by atoms with E-state index in [1.165, 1.54) is 12.1 Å². The van der Waals surface area contributed by atoms with Gasteiger partial charge in [-0.1, -0.05) is 30.4 Å². The van der Waals surface area contributed by atoms with E-state index >= 15 is 0 Å². The van der Waals surface area contributed by atoms with Gasteiger partial charge in [-0.05, 0) is 36.8 Å². The molecule has 0 unspecified atom stereocenters. The molecule has 12 heteroatoms. The van der Waals surface area contributed by atoms with E-state index in [0.29, 0.717) is 40.6 Å². The van der Waals surface area contributed by atoms with E-state index in [1.807, 2.05) is 6.92 Å². The molecule has 0 radical (unpaired) electrons. The van der Waals surface area contributed by atoms with Crippen LogP contribution in [-0.4, -0.2) is 46.8 Å². The van der Waals surface area contributed by atoms with Gasteiger partial charge in [-0.15, -0.1) is 10.2 Å². The molecular weight excluding hydrogens is 485 g/mol. The van der Waals surface area contributed by atoms with Crippen LogP contribution in [0.15, 0.2) is 42.5 Å². The minimum Gasteiger partial charge on any atom is -0.454 e. The van der Waals surface area contributed by atoms with Crippen molar-refractivity contribution in [3.05, 3.63) is 53.6 Å². The highest BCUT2D eigenvalue weighted by atomic mass is 32.1. The summed E-state index contributed by atoms with van der Waals surface area (Å²) in [5.74, 6) is 0.499. The Morgan fingerprint density at radius 2 is 1.80 bits per heavy atom. The number of ether oxygens (including phenoxy) is 2. The number of nitrogens with zero attached hydrogens (tertiary/aromatic N) is 3. The Hall–Kier alpha value is -3.67. The van der Waals surface area contributed by atoms with Crippen LogP contribution in [0.25, 0.3) is 10.6 Å². The van der Waals surface area contributed by atoms with Crippen molar-refractivity contribution < 1.29 is 32.2 Å². The normalized spacial score (nSPS) is 12.5. The predicted molar refractivity (Wildman–Crippen MR) is 122 cm³/mol. The summed E-state index contributed by atoms with van der Waals surface area (Å²) in [5, 5.41) is 11.1. The first-order chi connectivity index (χ1) is 16.7. The standard InChI is InChI=1S/C23H21F3N4O4S/c1-2-10-30(21(32)15-5-8-17-18(12-15)34-13-33-17)11-9-19(31)27-22-29-28-20(35-22)14-3-6-16(7-4-14)23(24,25)26/h3-8,12H,2,9-11,13H2,1H3,(H,27,29,31). The second kappa shape index (κ2) is 10.3. The molecule has 35 heavy (non-hydrogen) atoms. The molecule has 4 rings (SSSR count). The fourth-order valence-electron chi connectivity index (χ4n) is 3.41. The molecule has 8 nitrogen and oxygen atoms in total. The third-order valence-electron chi connectivity index (χ3n) is 5.14. The molecule has 1 aromatic heterocycles. The van der Waals surface area contributed by atoms with Gasteiger partial charge in [0, 0.05) is 30.6 Å². The van der Waals surface area contributed by atoms with Crippen LogP contribution in [-0.2, 0) is 11.0 Å². The zero-order valence-corrected chi connectivity index (χ0v) is 19.4. The lowest BCUT2D eigenvalue weighted by Gasteiger charge is -2.22. The highest BCUT2D eigenvalue weighted by Crippen LogP contribution is 2.33. The van der Waals surface area contributed by atoms with Gasteiger partial charge in [0.1, 0.15) is 5.01 Å². The highest BCUT2D eigenvalue weighted by molar-refractivity contribution is 7.18. The van der Waals surface area contributed by atoms with Crippen LogP contribution >= 0.6 is 11.3 Å². The van der Waals surface area contributed by atoms with Crippen molar-refractivity contribution in [1.29, 1.82) is 0 Å². The minimum atomic E-state index is -4.42. The maximum atomic E-state index is 13.0. The summed E-state index contributed by atoms with van der Waals surface area (Å²) in [4.78, 5) is 27.0. The number of alkyl halides is 3. The van der Waals surface area contributed by atoms with E-state index in [0.717, 1.165) is 23.5 Å². The summed E-state index contributed by atoms with van der Waals surface area (Å²) in [6.45, 7) is 2.71. The van der Waals surface area contributed by atoms with Crippen molar-refractivity contribution in [3.8, 4) is 22.1 Å². The molecule has 184 valence electrons. The van der Waals surface area contributed by atoms with Crippen LogP contribution in [0.5, 0.6) is 11.5 Å². The second-order valence-corrected chi connectivity index (χ2v) is 8.62. The molecule has 2 heterocycles. The van der Waals surface area contributed by atoms with Crippen molar-refractivity contribution in [3.63, 3.8) is 0 Å². The minimum absolute atomic E-state index is 0.0332. The first kappa shape index (κ1) is 24.5. The van der Waals surface area contributed by atoms with Gasteiger partial charge in [0.2, 0.25) is 17.8 Å². The van der Waals surface area contributed by atoms with E-state index in [2.05, 4.69) is 15.5 Å². The number of benzene rings is 2. The lowest BCUT2D eigenvalue weighted by atomic mass is 10.1. The molecular formula is C23H21F3N4O4S. The lowest BCUT2D eigenvalue weighted by molar-refractivity contribution is -0.137. The van der Waals surface area contributed by atoms with Crippen molar-refractivity contribution in [2.24, 2.45) is 0 Å². The molecule has 1 aliphatic heterocycles. The first-order valence-electron chi connectivity index (χ1n) is 10.7. The maximum Gasteiger partial charge on any atom is 0.416 e. The summed E-state index contributed by atoms with van der Waals surface area (Å²) >= 11 is 1.04. The summed E-state index contributed by atoms with van der Waals surface area (Å²) in [7, 11) is 0. The number of carbonyl (C=O) groups excluding carboxylic acids is 2.